The van der Waals surface area contributed by atoms with Crippen LogP contribution in [-0.2, 0) is 11.0 Å². The Labute approximate surface area is 152 Å². The molecule has 0 bridgehead atoms. The molecule has 0 spiro atoms. The highest BCUT2D eigenvalue weighted by Crippen LogP contribution is 2.42. The normalized spacial score (nSPS) is 15.7. The second-order valence-corrected chi connectivity index (χ2v) is 7.93. The molecule has 0 aromatic heterocycles. The average Bonchev–Trinajstić information content (AvgIpc) is 3.00. The summed E-state index contributed by atoms with van der Waals surface area (Å²) in [6, 6.07) is 24.1. The molecule has 0 fully saturated rings. The molecular weight excluding hydrogens is 352 g/mol. The quantitative estimate of drug-likeness (QED) is 0.695. The van der Waals surface area contributed by atoms with E-state index >= 15 is 0 Å². The molecule has 3 aromatic carbocycles. The Kier molecular flexibility index (Phi) is 4.29. The van der Waals surface area contributed by atoms with Crippen molar-refractivity contribution in [1.82, 2.24) is 0 Å². The van der Waals surface area contributed by atoms with Gasteiger partial charge in [-0.2, -0.15) is 0 Å². The maximum Gasteiger partial charge on any atom is 0.255 e. The van der Waals surface area contributed by atoms with Gasteiger partial charge in [-0.25, -0.2) is 7.92 Å². The van der Waals surface area contributed by atoms with Crippen molar-refractivity contribution in [1.29, 1.82) is 0 Å². The van der Waals surface area contributed by atoms with E-state index in [1.165, 1.54) is 11.9 Å². The van der Waals surface area contributed by atoms with Gasteiger partial charge in [0.25, 0.3) is 5.91 Å². The molecule has 4 nitrogen and oxygen atoms in total. The monoisotopic (exact) mass is 366 g/mol. The first kappa shape index (κ1) is 15.9. The van der Waals surface area contributed by atoms with Crippen molar-refractivity contribution in [2.75, 3.05) is 9.03 Å². The van der Waals surface area contributed by atoms with E-state index in [1.54, 1.807) is 15.8 Å². The van der Waals surface area contributed by atoms with Crippen molar-refractivity contribution < 1.29 is 9.00 Å². The smallest absolute Gasteiger partial charge is 0.255 e. The zero-order valence-electron chi connectivity index (χ0n) is 13.1. The zero-order valence-corrected chi connectivity index (χ0v) is 14.7. The Morgan fingerprint density at radius 1 is 0.880 bits per heavy atom. The largest absolute Gasteiger partial charge is 0.322 e. The van der Waals surface area contributed by atoms with E-state index in [4.69, 9.17) is 0 Å². The molecule has 1 amide bonds. The number of carbonyl (C=O) groups is 1. The molecule has 4 rings (SSSR count). The third kappa shape index (κ3) is 3.18. The van der Waals surface area contributed by atoms with Crippen molar-refractivity contribution in [3.05, 3.63) is 84.4 Å². The van der Waals surface area contributed by atoms with Gasteiger partial charge in [-0.15, -0.1) is 0 Å². The van der Waals surface area contributed by atoms with Crippen molar-refractivity contribution in [3.63, 3.8) is 0 Å². The molecule has 0 saturated heterocycles. The highest BCUT2D eigenvalue weighted by molar-refractivity contribution is 8.14. The van der Waals surface area contributed by atoms with Crippen LogP contribution < -0.4 is 9.03 Å². The summed E-state index contributed by atoms with van der Waals surface area (Å²) in [6.07, 6.45) is 0. The number of rotatable bonds is 3. The lowest BCUT2D eigenvalue weighted by Crippen LogP contribution is -2.13. The Hall–Kier alpha value is -2.57. The van der Waals surface area contributed by atoms with Crippen LogP contribution in [0.15, 0.2) is 88.7 Å². The summed E-state index contributed by atoms with van der Waals surface area (Å²) in [5, 5.41) is 2.86. The Bertz CT molecular complexity index is 943. The van der Waals surface area contributed by atoms with Gasteiger partial charge in [0.1, 0.15) is 0 Å². The molecule has 0 radical (unpaired) electrons. The third-order valence-electron chi connectivity index (χ3n) is 3.74. The van der Waals surface area contributed by atoms with Gasteiger partial charge in [0.15, 0.2) is 11.0 Å². The summed E-state index contributed by atoms with van der Waals surface area (Å²) < 4.78 is 14.4. The highest BCUT2D eigenvalue weighted by Gasteiger charge is 2.28. The summed E-state index contributed by atoms with van der Waals surface area (Å²) in [5.41, 5.74) is 2.14. The number of carbonyl (C=O) groups excluding carboxylic acids is 1. The van der Waals surface area contributed by atoms with Crippen LogP contribution in [0.25, 0.3) is 0 Å². The standard InChI is InChI=1S/C19H14N2O2S2/c22-19(14-6-2-1-3-7-14)20-15-10-12-16(13-11-15)21-24-17-8-4-5-9-18(17)25(21)23/h1-13H,(H,20,22). The molecule has 25 heavy (non-hydrogen) atoms. The van der Waals surface area contributed by atoms with E-state index in [9.17, 15) is 9.00 Å². The lowest BCUT2D eigenvalue weighted by molar-refractivity contribution is 0.102. The second kappa shape index (κ2) is 6.74. The van der Waals surface area contributed by atoms with Gasteiger partial charge in [0.2, 0.25) is 0 Å². The molecule has 1 heterocycles. The Morgan fingerprint density at radius 2 is 1.56 bits per heavy atom. The van der Waals surface area contributed by atoms with Crippen LogP contribution in [0.4, 0.5) is 11.4 Å². The molecule has 1 unspecified atom stereocenters. The molecule has 1 aliphatic heterocycles. The maximum atomic E-state index is 12.6. The first-order valence-corrected chi connectivity index (χ1v) is 9.56. The second-order valence-electron chi connectivity index (χ2n) is 5.41. The number of hydrogen-bond acceptors (Lipinski definition) is 3. The van der Waals surface area contributed by atoms with Crippen LogP contribution in [0, 0.1) is 0 Å². The molecule has 0 saturated carbocycles. The van der Waals surface area contributed by atoms with Crippen LogP contribution in [0.3, 0.4) is 0 Å². The molecular formula is C19H14N2O2S2. The molecule has 1 atom stereocenters. The molecule has 6 heteroatoms. The van der Waals surface area contributed by atoms with Crippen LogP contribution in [0.5, 0.6) is 0 Å². The SMILES string of the molecule is O=C(Nc1ccc(N2Sc3ccccc3S2=O)cc1)c1ccccc1. The van der Waals surface area contributed by atoms with Crippen LogP contribution in [0.2, 0.25) is 0 Å². The van der Waals surface area contributed by atoms with Crippen LogP contribution in [-0.4, -0.2) is 10.1 Å². The van der Waals surface area contributed by atoms with E-state index < -0.39 is 11.0 Å². The Balaban J connectivity index is 1.50. The fourth-order valence-electron chi connectivity index (χ4n) is 2.49. The van der Waals surface area contributed by atoms with E-state index in [-0.39, 0.29) is 5.91 Å². The van der Waals surface area contributed by atoms with Crippen LogP contribution in [0.1, 0.15) is 10.4 Å². The van der Waals surface area contributed by atoms with Gasteiger partial charge in [0, 0.05) is 28.1 Å². The van der Waals surface area contributed by atoms with Gasteiger partial charge in [-0.05, 0) is 48.5 Å². The summed E-state index contributed by atoms with van der Waals surface area (Å²) in [4.78, 5) is 14.0. The zero-order chi connectivity index (χ0) is 17.2. The minimum absolute atomic E-state index is 0.153. The number of amides is 1. The fourth-order valence-corrected chi connectivity index (χ4v) is 5.20. The summed E-state index contributed by atoms with van der Waals surface area (Å²) in [5.74, 6) is -0.153. The van der Waals surface area contributed by atoms with E-state index in [0.29, 0.717) is 11.3 Å². The van der Waals surface area contributed by atoms with Crippen molar-refractivity contribution in [2.45, 2.75) is 9.79 Å². The van der Waals surface area contributed by atoms with E-state index in [1.807, 2.05) is 66.7 Å². The Morgan fingerprint density at radius 3 is 2.28 bits per heavy atom. The topological polar surface area (TPSA) is 49.4 Å². The van der Waals surface area contributed by atoms with Crippen molar-refractivity contribution >= 4 is 40.2 Å². The van der Waals surface area contributed by atoms with E-state index in [0.717, 1.165) is 15.5 Å². The minimum Gasteiger partial charge on any atom is -0.322 e. The maximum absolute atomic E-state index is 12.6. The first-order valence-electron chi connectivity index (χ1n) is 7.68. The number of nitrogens with zero attached hydrogens (tertiary/aromatic N) is 1. The lowest BCUT2D eigenvalue weighted by atomic mass is 10.2. The first-order chi connectivity index (χ1) is 12.2. The molecule has 124 valence electrons. The summed E-state index contributed by atoms with van der Waals surface area (Å²) in [6.45, 7) is 0. The number of fused-ring (bicyclic) bond motifs is 1. The molecule has 1 aliphatic rings. The molecule has 1 N–H and O–H groups in total. The van der Waals surface area contributed by atoms with Gasteiger partial charge >= 0.3 is 0 Å². The van der Waals surface area contributed by atoms with Crippen molar-refractivity contribution in [3.8, 4) is 0 Å². The molecule has 0 aliphatic carbocycles. The predicted octanol–water partition coefficient (Wildman–Crippen LogP) is 4.49. The highest BCUT2D eigenvalue weighted by atomic mass is 32.2. The van der Waals surface area contributed by atoms with Crippen LogP contribution >= 0.6 is 11.9 Å². The summed E-state index contributed by atoms with van der Waals surface area (Å²) in [7, 11) is -1.22. The fraction of sp³-hybridized carbons (Fsp3) is 0. The number of hydrogen-bond donors (Lipinski definition) is 1. The van der Waals surface area contributed by atoms with E-state index in [2.05, 4.69) is 5.32 Å². The molecule has 3 aromatic rings. The summed E-state index contributed by atoms with van der Waals surface area (Å²) >= 11 is 1.46. The predicted molar refractivity (Wildman–Crippen MR) is 102 cm³/mol. The van der Waals surface area contributed by atoms with Gasteiger partial charge in [-0.1, -0.05) is 30.3 Å². The average molecular weight is 366 g/mol. The number of benzene rings is 3. The van der Waals surface area contributed by atoms with Crippen molar-refractivity contribution in [2.24, 2.45) is 0 Å². The third-order valence-corrected chi connectivity index (χ3v) is 6.67. The van der Waals surface area contributed by atoms with Gasteiger partial charge in [0.05, 0.1) is 10.6 Å². The van der Waals surface area contributed by atoms with Gasteiger partial charge in [-0.3, -0.25) is 4.79 Å². The number of anilines is 2. The number of nitrogens with one attached hydrogen (secondary N) is 1. The minimum atomic E-state index is -1.22. The lowest BCUT2D eigenvalue weighted by Gasteiger charge is -2.14. The van der Waals surface area contributed by atoms with Gasteiger partial charge < -0.3 is 5.32 Å².